The Balaban J connectivity index is 2.11. The molecule has 1 N–H and O–H groups in total. The van der Waals surface area contributed by atoms with Gasteiger partial charge in [-0.2, -0.15) is 5.10 Å². The Morgan fingerprint density at radius 2 is 2.17 bits per heavy atom. The quantitative estimate of drug-likeness (QED) is 0.402. The van der Waals surface area contributed by atoms with E-state index in [9.17, 15) is 4.79 Å². The molecule has 7 heteroatoms. The first kappa shape index (κ1) is 18.5. The van der Waals surface area contributed by atoms with Crippen molar-refractivity contribution in [1.29, 1.82) is 0 Å². The zero-order valence-corrected chi connectivity index (χ0v) is 16.1. The molecule has 0 bridgehead atoms. The summed E-state index contributed by atoms with van der Waals surface area (Å²) in [5.41, 5.74) is 3.71. The van der Waals surface area contributed by atoms with Gasteiger partial charge in [0.1, 0.15) is 0 Å². The van der Waals surface area contributed by atoms with Gasteiger partial charge < -0.3 is 9.47 Å². The number of benzene rings is 2. The molecule has 0 saturated heterocycles. The molecule has 2 aromatic rings. The summed E-state index contributed by atoms with van der Waals surface area (Å²) in [6, 6.07) is 10.7. The summed E-state index contributed by atoms with van der Waals surface area (Å²) < 4.78 is 11.7. The van der Waals surface area contributed by atoms with E-state index < -0.39 is 0 Å². The summed E-state index contributed by atoms with van der Waals surface area (Å²) in [7, 11) is 1.54. The number of methoxy groups -OCH3 is 1. The van der Waals surface area contributed by atoms with Crippen LogP contribution in [0.3, 0.4) is 0 Å². The molecule has 0 aliphatic heterocycles. The van der Waals surface area contributed by atoms with Crippen molar-refractivity contribution in [1.82, 2.24) is 5.43 Å². The number of nitrogens with zero attached hydrogens (tertiary/aromatic N) is 1. The molecule has 0 aromatic heterocycles. The SMILES string of the molecule is CCOc1c(Cl)cc(/C=N\NC(=O)c2cccc(I)c2)cc1OC. The number of halogens is 2. The van der Waals surface area contributed by atoms with Crippen LogP contribution in [0.1, 0.15) is 22.8 Å². The van der Waals surface area contributed by atoms with Crippen molar-refractivity contribution >= 4 is 46.3 Å². The van der Waals surface area contributed by atoms with Gasteiger partial charge in [-0.1, -0.05) is 17.7 Å². The fourth-order valence-electron chi connectivity index (χ4n) is 1.96. The van der Waals surface area contributed by atoms with Gasteiger partial charge in [-0.05, 0) is 65.4 Å². The smallest absolute Gasteiger partial charge is 0.271 e. The van der Waals surface area contributed by atoms with E-state index in [0.717, 1.165) is 3.57 Å². The molecule has 5 nitrogen and oxygen atoms in total. The van der Waals surface area contributed by atoms with Gasteiger partial charge in [-0.3, -0.25) is 4.79 Å². The van der Waals surface area contributed by atoms with Crippen LogP contribution in [0.2, 0.25) is 5.02 Å². The number of ether oxygens (including phenoxy) is 2. The molecule has 0 spiro atoms. The predicted molar refractivity (Wildman–Crippen MR) is 103 cm³/mol. The zero-order valence-electron chi connectivity index (χ0n) is 13.2. The summed E-state index contributed by atoms with van der Waals surface area (Å²) in [4.78, 5) is 12.0. The standard InChI is InChI=1S/C17H16ClIN2O3/c1-3-24-16-14(18)7-11(8-15(16)23-2)10-20-21-17(22)12-5-4-6-13(19)9-12/h4-10H,3H2,1-2H3,(H,21,22)/b20-10-. The molecule has 2 aromatic carbocycles. The molecule has 0 atom stereocenters. The minimum Gasteiger partial charge on any atom is -0.493 e. The van der Waals surface area contributed by atoms with Gasteiger partial charge in [0.15, 0.2) is 11.5 Å². The van der Waals surface area contributed by atoms with E-state index >= 15 is 0 Å². The van der Waals surface area contributed by atoms with Crippen LogP contribution in [-0.4, -0.2) is 25.8 Å². The minimum atomic E-state index is -0.284. The van der Waals surface area contributed by atoms with E-state index in [1.165, 1.54) is 13.3 Å². The summed E-state index contributed by atoms with van der Waals surface area (Å²) >= 11 is 8.34. The number of hydrogen-bond acceptors (Lipinski definition) is 4. The number of hydrogen-bond donors (Lipinski definition) is 1. The highest BCUT2D eigenvalue weighted by Gasteiger charge is 2.11. The van der Waals surface area contributed by atoms with E-state index in [-0.39, 0.29) is 5.91 Å². The van der Waals surface area contributed by atoms with Crippen molar-refractivity contribution in [2.45, 2.75) is 6.92 Å². The fraction of sp³-hybridized carbons (Fsp3) is 0.176. The largest absolute Gasteiger partial charge is 0.493 e. The molecule has 0 aliphatic rings. The van der Waals surface area contributed by atoms with Crippen molar-refractivity contribution in [2.24, 2.45) is 5.10 Å². The Labute approximate surface area is 159 Å². The second-order valence-corrected chi connectivity index (χ2v) is 6.33. The van der Waals surface area contributed by atoms with Gasteiger partial charge in [0.25, 0.3) is 5.91 Å². The second-order valence-electron chi connectivity index (χ2n) is 4.68. The lowest BCUT2D eigenvalue weighted by atomic mass is 10.2. The van der Waals surface area contributed by atoms with E-state index in [1.807, 2.05) is 19.1 Å². The maximum atomic E-state index is 12.0. The number of amides is 1. The van der Waals surface area contributed by atoms with Gasteiger partial charge in [0, 0.05) is 9.13 Å². The van der Waals surface area contributed by atoms with Gasteiger partial charge >= 0.3 is 0 Å². The van der Waals surface area contributed by atoms with E-state index in [2.05, 4.69) is 33.1 Å². The molecule has 2 rings (SSSR count). The van der Waals surface area contributed by atoms with Gasteiger partial charge in [0.2, 0.25) is 0 Å². The number of carbonyl (C=O) groups is 1. The Kier molecular flexibility index (Phi) is 6.86. The summed E-state index contributed by atoms with van der Waals surface area (Å²) in [5, 5.41) is 4.38. The molecule has 0 heterocycles. The van der Waals surface area contributed by atoms with Crippen LogP contribution < -0.4 is 14.9 Å². The predicted octanol–water partition coefficient (Wildman–Crippen LogP) is 4.12. The van der Waals surface area contributed by atoms with E-state index in [4.69, 9.17) is 21.1 Å². The first-order valence-electron chi connectivity index (χ1n) is 7.14. The summed E-state index contributed by atoms with van der Waals surface area (Å²) in [6.45, 7) is 2.35. The first-order valence-corrected chi connectivity index (χ1v) is 8.60. The minimum absolute atomic E-state index is 0.284. The fourth-order valence-corrected chi connectivity index (χ4v) is 2.78. The van der Waals surface area contributed by atoms with Crippen molar-refractivity contribution in [2.75, 3.05) is 13.7 Å². The van der Waals surface area contributed by atoms with Crippen molar-refractivity contribution in [3.05, 3.63) is 56.1 Å². The number of hydrazone groups is 1. The lowest BCUT2D eigenvalue weighted by Gasteiger charge is -2.11. The van der Waals surface area contributed by atoms with Crippen LogP contribution in [0.15, 0.2) is 41.5 Å². The average molecular weight is 459 g/mol. The highest BCUT2D eigenvalue weighted by Crippen LogP contribution is 2.35. The van der Waals surface area contributed by atoms with Gasteiger partial charge in [-0.15, -0.1) is 0 Å². The summed E-state index contributed by atoms with van der Waals surface area (Å²) in [6.07, 6.45) is 1.50. The molecule has 0 saturated carbocycles. The van der Waals surface area contributed by atoms with Crippen LogP contribution >= 0.6 is 34.2 Å². The zero-order chi connectivity index (χ0) is 17.5. The maximum absolute atomic E-state index is 12.0. The van der Waals surface area contributed by atoms with Crippen molar-refractivity contribution < 1.29 is 14.3 Å². The number of nitrogens with one attached hydrogen (secondary N) is 1. The van der Waals surface area contributed by atoms with Crippen molar-refractivity contribution in [3.63, 3.8) is 0 Å². The Morgan fingerprint density at radius 1 is 1.38 bits per heavy atom. The third-order valence-electron chi connectivity index (χ3n) is 3.01. The maximum Gasteiger partial charge on any atom is 0.271 e. The molecule has 0 aliphatic carbocycles. The van der Waals surface area contributed by atoms with Crippen LogP contribution in [0.5, 0.6) is 11.5 Å². The molecule has 0 fully saturated rings. The molecule has 126 valence electrons. The number of carbonyl (C=O) groups excluding carboxylic acids is 1. The Hall–Kier alpha value is -1.80. The average Bonchev–Trinajstić information content (AvgIpc) is 2.57. The highest BCUT2D eigenvalue weighted by molar-refractivity contribution is 14.1. The third-order valence-corrected chi connectivity index (χ3v) is 3.96. The highest BCUT2D eigenvalue weighted by atomic mass is 127. The third kappa shape index (κ3) is 4.85. The summed E-state index contributed by atoms with van der Waals surface area (Å²) in [5.74, 6) is 0.713. The molecular formula is C17H16ClIN2O3. The van der Waals surface area contributed by atoms with Crippen molar-refractivity contribution in [3.8, 4) is 11.5 Å². The molecular weight excluding hydrogens is 443 g/mol. The van der Waals surface area contributed by atoms with E-state index in [1.54, 1.807) is 24.3 Å². The Bertz CT molecular complexity index is 765. The number of rotatable bonds is 6. The van der Waals surface area contributed by atoms with Gasteiger partial charge in [-0.25, -0.2) is 5.43 Å². The van der Waals surface area contributed by atoms with Crippen LogP contribution in [0, 0.1) is 3.57 Å². The molecule has 1 amide bonds. The van der Waals surface area contributed by atoms with E-state index in [0.29, 0.717) is 34.3 Å². The second kappa shape index (κ2) is 8.89. The van der Waals surface area contributed by atoms with Crippen LogP contribution in [-0.2, 0) is 0 Å². The first-order chi connectivity index (χ1) is 11.5. The lowest BCUT2D eigenvalue weighted by molar-refractivity contribution is 0.0955. The molecule has 0 unspecified atom stereocenters. The van der Waals surface area contributed by atoms with Crippen LogP contribution in [0.4, 0.5) is 0 Å². The molecule has 24 heavy (non-hydrogen) atoms. The Morgan fingerprint density at radius 3 is 2.83 bits per heavy atom. The normalized spacial score (nSPS) is 10.7. The van der Waals surface area contributed by atoms with Gasteiger partial charge in [0.05, 0.1) is 25.0 Å². The van der Waals surface area contributed by atoms with Crippen LogP contribution in [0.25, 0.3) is 0 Å². The monoisotopic (exact) mass is 458 g/mol. The lowest BCUT2D eigenvalue weighted by Crippen LogP contribution is -2.17. The molecule has 0 radical (unpaired) electrons. The topological polar surface area (TPSA) is 59.9 Å².